The zero-order valence-corrected chi connectivity index (χ0v) is 13.7. The van der Waals surface area contributed by atoms with E-state index in [0.717, 1.165) is 0 Å². The Bertz CT molecular complexity index is 633. The molecule has 1 aromatic rings. The van der Waals surface area contributed by atoms with Crippen LogP contribution in [-0.4, -0.2) is 53.2 Å². The third-order valence-electron chi connectivity index (χ3n) is 3.57. The molecule has 0 aromatic heterocycles. The van der Waals surface area contributed by atoms with Crippen molar-refractivity contribution in [3.63, 3.8) is 0 Å². The quantitative estimate of drug-likeness (QED) is 0.461. The smallest absolute Gasteiger partial charge is 0.240 e. The molecule has 9 heteroatoms. The monoisotopic (exact) mass is 342 g/mol. The van der Waals surface area contributed by atoms with Crippen molar-refractivity contribution in [2.45, 2.75) is 23.4 Å². The molecule has 128 valence electrons. The number of carbonyl (C=O) groups excluding carboxylic acids is 1. The van der Waals surface area contributed by atoms with E-state index in [1.165, 1.54) is 19.2 Å². The average Bonchev–Trinajstić information content (AvgIpc) is 2.98. The van der Waals surface area contributed by atoms with Gasteiger partial charge in [0, 0.05) is 25.7 Å². The van der Waals surface area contributed by atoms with Gasteiger partial charge in [-0.05, 0) is 30.7 Å². The van der Waals surface area contributed by atoms with Crippen LogP contribution in [0.4, 0.5) is 0 Å². The van der Waals surface area contributed by atoms with Crippen LogP contribution in [0.25, 0.3) is 0 Å². The third kappa shape index (κ3) is 4.90. The molecule has 0 unspecified atom stereocenters. The first-order chi connectivity index (χ1) is 10.9. The van der Waals surface area contributed by atoms with E-state index >= 15 is 0 Å². The Morgan fingerprint density at radius 3 is 2.61 bits per heavy atom. The molecule has 1 aliphatic rings. The molecule has 1 aliphatic heterocycles. The largest absolute Gasteiger partial charge is 0.497 e. The Hall–Kier alpha value is -1.68. The summed E-state index contributed by atoms with van der Waals surface area (Å²) in [5, 5.41) is 5.70. The number of methoxy groups -OCH3 is 1. The number of ether oxygens (including phenoxy) is 1. The average molecular weight is 342 g/mol. The minimum atomic E-state index is -3.60. The zero-order valence-electron chi connectivity index (χ0n) is 12.9. The molecule has 23 heavy (non-hydrogen) atoms. The second-order valence-electron chi connectivity index (χ2n) is 5.32. The molecule has 0 radical (unpaired) electrons. The van der Waals surface area contributed by atoms with Crippen LogP contribution in [0.1, 0.15) is 6.42 Å². The number of amides is 1. The minimum absolute atomic E-state index is 0.0145. The van der Waals surface area contributed by atoms with Gasteiger partial charge in [0.1, 0.15) is 5.75 Å². The Labute approximate surface area is 135 Å². The van der Waals surface area contributed by atoms with Crippen molar-refractivity contribution in [1.29, 1.82) is 0 Å². The summed E-state index contributed by atoms with van der Waals surface area (Å²) >= 11 is 0. The fourth-order valence-electron chi connectivity index (χ4n) is 2.30. The predicted octanol–water partition coefficient (Wildman–Crippen LogP) is -1.22. The molecule has 8 nitrogen and oxygen atoms in total. The lowest BCUT2D eigenvalue weighted by Crippen LogP contribution is -2.43. The molecule has 2 rings (SSSR count). The molecule has 0 saturated carbocycles. The van der Waals surface area contributed by atoms with E-state index in [4.69, 9.17) is 10.5 Å². The number of nitrogens with one attached hydrogen (secondary N) is 3. The first kappa shape index (κ1) is 17.7. The Kier molecular flexibility index (Phi) is 5.94. The number of rotatable bonds is 7. The maximum atomic E-state index is 12.1. The highest BCUT2D eigenvalue weighted by atomic mass is 32.2. The topological polar surface area (TPSA) is 123 Å². The lowest BCUT2D eigenvalue weighted by molar-refractivity contribution is -0.122. The van der Waals surface area contributed by atoms with Crippen LogP contribution in [0.15, 0.2) is 29.2 Å². The van der Waals surface area contributed by atoms with Crippen LogP contribution in [0.3, 0.4) is 0 Å². The Morgan fingerprint density at radius 1 is 1.35 bits per heavy atom. The van der Waals surface area contributed by atoms with Crippen molar-refractivity contribution in [3.05, 3.63) is 24.3 Å². The van der Waals surface area contributed by atoms with Gasteiger partial charge in [0.05, 0.1) is 18.0 Å². The maximum Gasteiger partial charge on any atom is 0.240 e. The van der Waals surface area contributed by atoms with E-state index in [9.17, 15) is 13.2 Å². The third-order valence-corrected chi connectivity index (χ3v) is 5.04. The Balaban J connectivity index is 1.77. The number of benzene rings is 1. The van der Waals surface area contributed by atoms with Crippen molar-refractivity contribution in [2.75, 3.05) is 26.7 Å². The van der Waals surface area contributed by atoms with E-state index < -0.39 is 10.0 Å². The summed E-state index contributed by atoms with van der Waals surface area (Å²) in [5.41, 5.74) is 5.72. The van der Waals surface area contributed by atoms with Crippen LogP contribution >= 0.6 is 0 Å². The summed E-state index contributed by atoms with van der Waals surface area (Å²) < 4.78 is 31.6. The van der Waals surface area contributed by atoms with Crippen LogP contribution in [0.5, 0.6) is 5.75 Å². The summed E-state index contributed by atoms with van der Waals surface area (Å²) in [4.78, 5) is 12.0. The highest BCUT2D eigenvalue weighted by Crippen LogP contribution is 2.14. The highest BCUT2D eigenvalue weighted by Gasteiger charge is 2.26. The standard InChI is InChI=1S/C14H22N4O4S/c1-22-11-2-4-12(5-3-11)23(20,21)18-7-6-16-14(19)13-8-10(15)9-17-13/h2-5,10,13,17-18H,6-9,15H2,1H3,(H,16,19)/t10-,13+/m1/s1. The van der Waals surface area contributed by atoms with Crippen molar-refractivity contribution in [2.24, 2.45) is 5.73 Å². The van der Waals surface area contributed by atoms with Crippen LogP contribution < -0.4 is 25.8 Å². The number of carbonyl (C=O) groups is 1. The van der Waals surface area contributed by atoms with Gasteiger partial charge in [0.15, 0.2) is 0 Å². The van der Waals surface area contributed by atoms with Gasteiger partial charge >= 0.3 is 0 Å². The second-order valence-corrected chi connectivity index (χ2v) is 7.09. The van der Waals surface area contributed by atoms with Crippen molar-refractivity contribution >= 4 is 15.9 Å². The van der Waals surface area contributed by atoms with Gasteiger partial charge in [-0.2, -0.15) is 0 Å². The number of hydrogen-bond acceptors (Lipinski definition) is 6. The molecule has 5 N–H and O–H groups in total. The van der Waals surface area contributed by atoms with Gasteiger partial charge in [-0.25, -0.2) is 13.1 Å². The van der Waals surface area contributed by atoms with Gasteiger partial charge in [0.25, 0.3) is 0 Å². The molecular weight excluding hydrogens is 320 g/mol. The van der Waals surface area contributed by atoms with Crippen molar-refractivity contribution in [1.82, 2.24) is 15.4 Å². The summed E-state index contributed by atoms with van der Waals surface area (Å²) in [6.07, 6.45) is 0.587. The van der Waals surface area contributed by atoms with E-state index in [2.05, 4.69) is 15.4 Å². The molecule has 1 heterocycles. The molecule has 0 bridgehead atoms. The van der Waals surface area contributed by atoms with Crippen LogP contribution in [0, 0.1) is 0 Å². The van der Waals surface area contributed by atoms with E-state index in [0.29, 0.717) is 18.7 Å². The number of sulfonamides is 1. The predicted molar refractivity (Wildman–Crippen MR) is 85.6 cm³/mol. The van der Waals surface area contributed by atoms with Crippen LogP contribution in [-0.2, 0) is 14.8 Å². The van der Waals surface area contributed by atoms with Crippen molar-refractivity contribution in [3.8, 4) is 5.75 Å². The molecule has 1 aromatic carbocycles. The molecule has 2 atom stereocenters. The van der Waals surface area contributed by atoms with Gasteiger partial charge in [-0.3, -0.25) is 4.79 Å². The summed E-state index contributed by atoms with van der Waals surface area (Å²) in [6, 6.07) is 5.76. The summed E-state index contributed by atoms with van der Waals surface area (Å²) in [6.45, 7) is 0.933. The highest BCUT2D eigenvalue weighted by molar-refractivity contribution is 7.89. The normalized spacial score (nSPS) is 21.1. The molecule has 1 saturated heterocycles. The Morgan fingerprint density at radius 2 is 2.04 bits per heavy atom. The molecular formula is C14H22N4O4S. The fourth-order valence-corrected chi connectivity index (χ4v) is 3.33. The summed E-state index contributed by atoms with van der Waals surface area (Å²) in [7, 11) is -2.09. The first-order valence-corrected chi connectivity index (χ1v) is 8.81. The number of nitrogens with two attached hydrogens (primary N) is 1. The molecule has 1 amide bonds. The van der Waals surface area contributed by atoms with Crippen LogP contribution in [0.2, 0.25) is 0 Å². The van der Waals surface area contributed by atoms with Gasteiger partial charge in [0.2, 0.25) is 15.9 Å². The fraction of sp³-hybridized carbons (Fsp3) is 0.500. The van der Waals surface area contributed by atoms with Gasteiger partial charge < -0.3 is 21.1 Å². The zero-order chi connectivity index (χ0) is 16.9. The molecule has 1 fully saturated rings. The lowest BCUT2D eigenvalue weighted by atomic mass is 10.2. The minimum Gasteiger partial charge on any atom is -0.497 e. The molecule has 0 aliphatic carbocycles. The van der Waals surface area contributed by atoms with E-state index in [-0.39, 0.29) is 36.0 Å². The van der Waals surface area contributed by atoms with Crippen molar-refractivity contribution < 1.29 is 17.9 Å². The van der Waals surface area contributed by atoms with E-state index in [1.807, 2.05) is 0 Å². The SMILES string of the molecule is COc1ccc(S(=O)(=O)NCCNC(=O)[C@@H]2C[C@@H](N)CN2)cc1. The molecule has 0 spiro atoms. The first-order valence-electron chi connectivity index (χ1n) is 7.33. The van der Waals surface area contributed by atoms with E-state index in [1.54, 1.807) is 12.1 Å². The van der Waals surface area contributed by atoms with Gasteiger partial charge in [-0.1, -0.05) is 0 Å². The lowest BCUT2D eigenvalue weighted by Gasteiger charge is -2.12. The number of hydrogen-bond donors (Lipinski definition) is 4. The maximum absolute atomic E-state index is 12.1. The second kappa shape index (κ2) is 7.73. The summed E-state index contributed by atoms with van der Waals surface area (Å²) in [5.74, 6) is 0.417. The van der Waals surface area contributed by atoms with Gasteiger partial charge in [-0.15, -0.1) is 0 Å².